The van der Waals surface area contributed by atoms with Gasteiger partial charge in [-0.25, -0.2) is 9.78 Å². The summed E-state index contributed by atoms with van der Waals surface area (Å²) in [6.07, 6.45) is 4.25. The molecular formula is C17H21Cl2N5O2. The van der Waals surface area contributed by atoms with E-state index in [1.807, 2.05) is 17.8 Å². The van der Waals surface area contributed by atoms with Crippen LogP contribution in [0.2, 0.25) is 10.0 Å². The summed E-state index contributed by atoms with van der Waals surface area (Å²) in [5.41, 5.74) is 6.48. The average Bonchev–Trinajstić information content (AvgIpc) is 3.05. The quantitative estimate of drug-likeness (QED) is 0.692. The number of imidazole rings is 1. The highest BCUT2D eigenvalue weighted by molar-refractivity contribution is 6.39. The van der Waals surface area contributed by atoms with E-state index < -0.39 is 6.10 Å². The normalized spacial score (nSPS) is 16.5. The van der Waals surface area contributed by atoms with Crippen LogP contribution >= 0.6 is 23.2 Å². The molecule has 0 aliphatic carbocycles. The molecular weight excluding hydrogens is 377 g/mol. The van der Waals surface area contributed by atoms with Gasteiger partial charge in [-0.1, -0.05) is 23.2 Å². The van der Waals surface area contributed by atoms with Crippen LogP contribution in [0.3, 0.4) is 0 Å². The van der Waals surface area contributed by atoms with Crippen LogP contribution in [0.15, 0.2) is 24.5 Å². The molecule has 0 radical (unpaired) electrons. The van der Waals surface area contributed by atoms with Gasteiger partial charge in [0.15, 0.2) is 0 Å². The van der Waals surface area contributed by atoms with E-state index in [1.54, 1.807) is 23.2 Å². The summed E-state index contributed by atoms with van der Waals surface area (Å²) >= 11 is 12.0. The second-order valence-electron chi connectivity index (χ2n) is 6.45. The summed E-state index contributed by atoms with van der Waals surface area (Å²) < 4.78 is 1.82. The zero-order valence-corrected chi connectivity index (χ0v) is 15.8. The number of hydrogen-bond donors (Lipinski definition) is 3. The number of carbonyl (C=O) groups excluding carboxylic acids is 1. The zero-order valence-electron chi connectivity index (χ0n) is 14.3. The van der Waals surface area contributed by atoms with Gasteiger partial charge in [0.05, 0.1) is 15.7 Å². The first-order valence-corrected chi connectivity index (χ1v) is 9.08. The molecule has 1 aliphatic heterocycles. The highest BCUT2D eigenvalue weighted by Gasteiger charge is 2.30. The minimum Gasteiger partial charge on any atom is -0.396 e. The number of aliphatic hydroxyl groups excluding tert-OH is 1. The van der Waals surface area contributed by atoms with Crippen molar-refractivity contribution >= 4 is 40.6 Å². The van der Waals surface area contributed by atoms with Gasteiger partial charge in [0.25, 0.3) is 0 Å². The molecule has 1 aliphatic rings. The van der Waals surface area contributed by atoms with Crippen LogP contribution in [0.4, 0.5) is 16.2 Å². The Morgan fingerprint density at radius 2 is 1.96 bits per heavy atom. The van der Waals surface area contributed by atoms with Crippen LogP contribution in [-0.2, 0) is 7.05 Å². The molecule has 2 amide bonds. The van der Waals surface area contributed by atoms with Gasteiger partial charge in [-0.05, 0) is 30.9 Å². The molecule has 7 nitrogen and oxygen atoms in total. The molecule has 1 aromatic heterocycles. The summed E-state index contributed by atoms with van der Waals surface area (Å²) in [6.45, 7) is 1.10. The van der Waals surface area contributed by atoms with Gasteiger partial charge in [-0.2, -0.15) is 0 Å². The third-order valence-corrected chi connectivity index (χ3v) is 5.35. The highest BCUT2D eigenvalue weighted by atomic mass is 35.5. The van der Waals surface area contributed by atoms with Gasteiger partial charge in [0.2, 0.25) is 0 Å². The van der Waals surface area contributed by atoms with Gasteiger partial charge < -0.3 is 25.6 Å². The van der Waals surface area contributed by atoms with E-state index in [9.17, 15) is 9.90 Å². The van der Waals surface area contributed by atoms with Crippen LogP contribution < -0.4 is 11.1 Å². The van der Waals surface area contributed by atoms with E-state index in [0.717, 1.165) is 0 Å². The topological polar surface area (TPSA) is 96.4 Å². The molecule has 1 fully saturated rings. The van der Waals surface area contributed by atoms with E-state index >= 15 is 0 Å². The van der Waals surface area contributed by atoms with Gasteiger partial charge in [0.1, 0.15) is 11.9 Å². The van der Waals surface area contributed by atoms with E-state index in [-0.39, 0.29) is 17.6 Å². The fourth-order valence-electron chi connectivity index (χ4n) is 3.15. The third kappa shape index (κ3) is 3.90. The average molecular weight is 398 g/mol. The van der Waals surface area contributed by atoms with Crippen molar-refractivity contribution in [3.8, 4) is 0 Å². The largest absolute Gasteiger partial charge is 0.396 e. The molecule has 3 rings (SSSR count). The first-order chi connectivity index (χ1) is 12.4. The summed E-state index contributed by atoms with van der Waals surface area (Å²) in [6, 6.07) is 2.91. The molecule has 4 N–H and O–H groups in total. The van der Waals surface area contributed by atoms with Crippen LogP contribution in [0, 0.1) is 5.92 Å². The lowest BCUT2D eigenvalue weighted by Gasteiger charge is -2.34. The van der Waals surface area contributed by atoms with Crippen molar-refractivity contribution in [3.63, 3.8) is 0 Å². The number of rotatable bonds is 3. The maximum atomic E-state index is 12.5. The number of urea groups is 1. The van der Waals surface area contributed by atoms with Crippen molar-refractivity contribution in [2.45, 2.75) is 18.9 Å². The molecule has 2 heterocycles. The van der Waals surface area contributed by atoms with Crippen LogP contribution in [0.25, 0.3) is 0 Å². The summed E-state index contributed by atoms with van der Waals surface area (Å²) in [7, 11) is 1.86. The molecule has 1 atom stereocenters. The number of amides is 2. The van der Waals surface area contributed by atoms with Crippen LogP contribution in [0.1, 0.15) is 24.8 Å². The lowest BCUT2D eigenvalue weighted by molar-refractivity contribution is 0.0600. The SMILES string of the molecule is Cn1ccnc1C(O)C1CCN(C(=O)Nc2cc(Cl)c(N)c(Cl)c2)CC1. The predicted octanol–water partition coefficient (Wildman–Crippen LogP) is 3.29. The van der Waals surface area contributed by atoms with Crippen molar-refractivity contribution in [3.05, 3.63) is 40.4 Å². The van der Waals surface area contributed by atoms with Crippen molar-refractivity contribution in [1.29, 1.82) is 0 Å². The summed E-state index contributed by atoms with van der Waals surface area (Å²) in [4.78, 5) is 18.4. The minimum atomic E-state index is -0.630. The molecule has 26 heavy (non-hydrogen) atoms. The molecule has 2 aromatic rings. The minimum absolute atomic E-state index is 0.0700. The van der Waals surface area contributed by atoms with E-state index in [2.05, 4.69) is 10.3 Å². The molecule has 0 saturated carbocycles. The Labute approximate surface area is 161 Å². The first kappa shape index (κ1) is 18.8. The first-order valence-electron chi connectivity index (χ1n) is 8.32. The number of benzene rings is 1. The van der Waals surface area contributed by atoms with Crippen LogP contribution in [0.5, 0.6) is 0 Å². The molecule has 1 aromatic carbocycles. The number of aryl methyl sites for hydroxylation is 1. The number of likely N-dealkylation sites (tertiary alicyclic amines) is 1. The third-order valence-electron chi connectivity index (χ3n) is 4.73. The number of anilines is 2. The predicted molar refractivity (Wildman–Crippen MR) is 102 cm³/mol. The number of aliphatic hydroxyl groups is 1. The van der Waals surface area contributed by atoms with Crippen molar-refractivity contribution < 1.29 is 9.90 Å². The smallest absolute Gasteiger partial charge is 0.321 e. The van der Waals surface area contributed by atoms with Crippen LogP contribution in [-0.4, -0.2) is 38.7 Å². The van der Waals surface area contributed by atoms with Crippen molar-refractivity contribution in [2.24, 2.45) is 13.0 Å². The van der Waals surface area contributed by atoms with E-state index in [0.29, 0.717) is 47.5 Å². The lowest BCUT2D eigenvalue weighted by atomic mass is 9.91. The Hall–Kier alpha value is -1.96. The van der Waals surface area contributed by atoms with Gasteiger partial charge >= 0.3 is 6.03 Å². The Balaban J connectivity index is 1.58. The Kier molecular flexibility index (Phi) is 5.60. The Bertz CT molecular complexity index is 779. The molecule has 1 unspecified atom stereocenters. The monoisotopic (exact) mass is 397 g/mol. The van der Waals surface area contributed by atoms with Gasteiger partial charge in [-0.3, -0.25) is 0 Å². The maximum Gasteiger partial charge on any atom is 0.321 e. The highest BCUT2D eigenvalue weighted by Crippen LogP contribution is 2.32. The van der Waals surface area contributed by atoms with Crippen molar-refractivity contribution in [1.82, 2.24) is 14.5 Å². The van der Waals surface area contributed by atoms with E-state index in [1.165, 1.54) is 0 Å². The summed E-state index contributed by atoms with van der Waals surface area (Å²) in [5, 5.41) is 13.9. The number of aromatic nitrogens is 2. The number of nitrogens with zero attached hydrogens (tertiary/aromatic N) is 3. The summed E-state index contributed by atoms with van der Waals surface area (Å²) in [5.74, 6) is 0.722. The number of nitrogen functional groups attached to an aromatic ring is 1. The number of nitrogens with one attached hydrogen (secondary N) is 1. The second-order valence-corrected chi connectivity index (χ2v) is 7.26. The molecule has 9 heteroatoms. The van der Waals surface area contributed by atoms with Crippen molar-refractivity contribution in [2.75, 3.05) is 24.1 Å². The maximum absolute atomic E-state index is 12.5. The standard InChI is InChI=1S/C17H21Cl2N5O2/c1-23-7-4-21-16(23)15(25)10-2-5-24(6-3-10)17(26)22-11-8-12(18)14(20)13(19)9-11/h4,7-10,15,25H,2-3,5-6,20H2,1H3,(H,22,26). The Morgan fingerprint density at radius 1 is 1.35 bits per heavy atom. The van der Waals surface area contributed by atoms with Gasteiger partial charge in [0, 0.05) is 38.2 Å². The fraction of sp³-hybridized carbons (Fsp3) is 0.412. The fourth-order valence-corrected chi connectivity index (χ4v) is 3.64. The Morgan fingerprint density at radius 3 is 2.50 bits per heavy atom. The molecule has 0 bridgehead atoms. The number of halogens is 2. The van der Waals surface area contributed by atoms with E-state index in [4.69, 9.17) is 28.9 Å². The molecule has 140 valence electrons. The number of hydrogen-bond acceptors (Lipinski definition) is 4. The second kappa shape index (κ2) is 7.73. The number of nitrogens with two attached hydrogens (primary N) is 1. The number of carbonyl (C=O) groups is 1. The molecule has 0 spiro atoms. The molecule has 1 saturated heterocycles. The lowest BCUT2D eigenvalue weighted by Crippen LogP contribution is -2.42. The zero-order chi connectivity index (χ0) is 18.8. The number of piperidine rings is 1. The van der Waals surface area contributed by atoms with Gasteiger partial charge in [-0.15, -0.1) is 0 Å².